The molecule has 28 heavy (non-hydrogen) atoms. The van der Waals surface area contributed by atoms with Gasteiger partial charge in [-0.3, -0.25) is 0 Å². The summed E-state index contributed by atoms with van der Waals surface area (Å²) in [7, 11) is 1.61. The number of methoxy groups -OCH3 is 1. The van der Waals surface area contributed by atoms with E-state index in [4.69, 9.17) is 21.1 Å². The van der Waals surface area contributed by atoms with Crippen molar-refractivity contribution in [2.24, 2.45) is 0 Å². The van der Waals surface area contributed by atoms with Gasteiger partial charge in [0.05, 0.1) is 16.6 Å². The number of rotatable bonds is 7. The molecule has 0 bridgehead atoms. The van der Waals surface area contributed by atoms with E-state index in [1.54, 1.807) is 19.2 Å². The Morgan fingerprint density at radius 2 is 1.79 bits per heavy atom. The molecule has 0 amide bonds. The lowest BCUT2D eigenvalue weighted by atomic mass is 10.1. The molecule has 3 rings (SSSR count). The number of aryl methyl sites for hydroxylation is 1. The molecule has 6 heteroatoms. The lowest BCUT2D eigenvalue weighted by Gasteiger charge is -2.15. The molecule has 0 spiro atoms. The van der Waals surface area contributed by atoms with Crippen LogP contribution in [0.25, 0.3) is 0 Å². The Morgan fingerprint density at radius 3 is 2.46 bits per heavy atom. The van der Waals surface area contributed by atoms with Crippen molar-refractivity contribution in [2.75, 3.05) is 12.4 Å². The summed E-state index contributed by atoms with van der Waals surface area (Å²) in [5.74, 6) is 0.846. The molecule has 0 aliphatic rings. The molecule has 0 unspecified atom stereocenters. The van der Waals surface area contributed by atoms with Gasteiger partial charge in [0.1, 0.15) is 12.4 Å². The Morgan fingerprint density at radius 1 is 1.04 bits per heavy atom. The molecule has 0 heterocycles. The first-order valence-electron chi connectivity index (χ1n) is 8.70. The molecule has 0 saturated carbocycles. The molecule has 3 aromatic carbocycles. The average molecular weight is 465 g/mol. The van der Waals surface area contributed by atoms with E-state index in [1.807, 2.05) is 24.3 Å². The molecule has 1 N–H and O–H groups in total. The van der Waals surface area contributed by atoms with Crippen LogP contribution < -0.4 is 14.8 Å². The van der Waals surface area contributed by atoms with Gasteiger partial charge in [0.15, 0.2) is 11.5 Å². The highest BCUT2D eigenvalue weighted by Gasteiger charge is 2.12. The van der Waals surface area contributed by atoms with Gasteiger partial charge < -0.3 is 14.8 Å². The summed E-state index contributed by atoms with van der Waals surface area (Å²) >= 11 is 9.39. The van der Waals surface area contributed by atoms with Crippen LogP contribution >= 0.6 is 27.5 Å². The zero-order chi connectivity index (χ0) is 20.1. The van der Waals surface area contributed by atoms with Crippen LogP contribution in [0.2, 0.25) is 5.02 Å². The van der Waals surface area contributed by atoms with Crippen LogP contribution in [0.3, 0.4) is 0 Å². The molecule has 0 atom stereocenters. The fourth-order valence-electron chi connectivity index (χ4n) is 2.67. The molecular weight excluding hydrogens is 445 g/mol. The predicted octanol–water partition coefficient (Wildman–Crippen LogP) is 6.75. The van der Waals surface area contributed by atoms with Crippen LogP contribution in [0.15, 0.2) is 59.1 Å². The van der Waals surface area contributed by atoms with Gasteiger partial charge >= 0.3 is 0 Å². The first kappa shape index (κ1) is 20.5. The summed E-state index contributed by atoms with van der Waals surface area (Å²) in [4.78, 5) is 0. The zero-order valence-corrected chi connectivity index (χ0v) is 17.9. The van der Waals surface area contributed by atoms with Crippen molar-refractivity contribution in [3.05, 3.63) is 86.6 Å². The van der Waals surface area contributed by atoms with Gasteiger partial charge in [-0.15, -0.1) is 0 Å². The molecule has 0 aromatic heterocycles. The first-order valence-corrected chi connectivity index (χ1v) is 9.87. The highest BCUT2D eigenvalue weighted by atomic mass is 79.9. The molecule has 146 valence electrons. The second-order valence-corrected chi connectivity index (χ2v) is 7.63. The first-order chi connectivity index (χ1) is 13.5. The van der Waals surface area contributed by atoms with Crippen molar-refractivity contribution in [1.82, 2.24) is 0 Å². The minimum Gasteiger partial charge on any atom is -0.493 e. The Labute approximate surface area is 177 Å². The largest absolute Gasteiger partial charge is 0.493 e. The van der Waals surface area contributed by atoms with E-state index in [0.717, 1.165) is 21.3 Å². The Hall–Kier alpha value is -2.24. The van der Waals surface area contributed by atoms with Crippen LogP contribution in [-0.4, -0.2) is 7.11 Å². The number of hydrogen-bond acceptors (Lipinski definition) is 3. The minimum atomic E-state index is -0.438. The molecule has 3 nitrogen and oxygen atoms in total. The molecule has 0 fully saturated rings. The predicted molar refractivity (Wildman–Crippen MR) is 115 cm³/mol. The third-order valence-electron chi connectivity index (χ3n) is 4.21. The fraction of sp³-hybridized carbons (Fsp3) is 0.182. The molecule has 0 saturated heterocycles. The van der Waals surface area contributed by atoms with E-state index in [0.29, 0.717) is 24.7 Å². The number of halogens is 3. The van der Waals surface area contributed by atoms with E-state index in [9.17, 15) is 4.39 Å². The monoisotopic (exact) mass is 463 g/mol. The van der Waals surface area contributed by atoms with Gasteiger partial charge in [0.25, 0.3) is 0 Å². The SMILES string of the molecule is COc1cc(CNc2ccc(F)c(Cl)c2)cc(Br)c1OCc1ccc(C)cc1. The summed E-state index contributed by atoms with van der Waals surface area (Å²) < 4.78 is 25.6. The number of ether oxygens (including phenoxy) is 2. The summed E-state index contributed by atoms with van der Waals surface area (Å²) in [6.07, 6.45) is 0. The van der Waals surface area contributed by atoms with Crippen molar-refractivity contribution in [1.29, 1.82) is 0 Å². The van der Waals surface area contributed by atoms with Crippen molar-refractivity contribution in [3.8, 4) is 11.5 Å². The van der Waals surface area contributed by atoms with Crippen molar-refractivity contribution in [3.63, 3.8) is 0 Å². The number of nitrogens with one attached hydrogen (secondary N) is 1. The normalized spacial score (nSPS) is 10.6. The van der Waals surface area contributed by atoms with Crippen LogP contribution in [0.1, 0.15) is 16.7 Å². The van der Waals surface area contributed by atoms with Gasteiger partial charge in [0.2, 0.25) is 0 Å². The Kier molecular flexibility index (Phi) is 6.81. The number of anilines is 1. The number of hydrogen-bond donors (Lipinski definition) is 1. The maximum absolute atomic E-state index is 13.3. The molecular formula is C22H20BrClFNO2. The summed E-state index contributed by atoms with van der Waals surface area (Å²) in [6, 6.07) is 16.6. The molecule has 0 aliphatic carbocycles. The number of benzene rings is 3. The smallest absolute Gasteiger partial charge is 0.175 e. The third-order valence-corrected chi connectivity index (χ3v) is 5.09. The summed E-state index contributed by atoms with van der Waals surface area (Å²) in [5.41, 5.74) is 4.01. The van der Waals surface area contributed by atoms with E-state index in [-0.39, 0.29) is 5.02 Å². The van der Waals surface area contributed by atoms with Crippen molar-refractivity contribution in [2.45, 2.75) is 20.1 Å². The van der Waals surface area contributed by atoms with E-state index >= 15 is 0 Å². The highest BCUT2D eigenvalue weighted by molar-refractivity contribution is 9.10. The second kappa shape index (κ2) is 9.30. The topological polar surface area (TPSA) is 30.5 Å². The van der Waals surface area contributed by atoms with Gasteiger partial charge in [-0.25, -0.2) is 4.39 Å². The van der Waals surface area contributed by atoms with Crippen LogP contribution in [0, 0.1) is 12.7 Å². The quantitative estimate of drug-likeness (QED) is 0.419. The summed E-state index contributed by atoms with van der Waals surface area (Å²) in [6.45, 7) is 3.02. The van der Waals surface area contributed by atoms with Crippen LogP contribution in [-0.2, 0) is 13.2 Å². The molecule has 3 aromatic rings. The van der Waals surface area contributed by atoms with Crippen molar-refractivity contribution >= 4 is 33.2 Å². The lowest BCUT2D eigenvalue weighted by Crippen LogP contribution is -2.03. The second-order valence-electron chi connectivity index (χ2n) is 6.37. The Bertz CT molecular complexity index is 963. The maximum atomic E-state index is 13.3. The van der Waals surface area contributed by atoms with Crippen LogP contribution in [0.4, 0.5) is 10.1 Å². The Balaban J connectivity index is 1.71. The molecule has 0 aliphatic heterocycles. The average Bonchev–Trinajstić information content (AvgIpc) is 2.69. The van der Waals surface area contributed by atoms with Gasteiger partial charge in [-0.1, -0.05) is 41.4 Å². The van der Waals surface area contributed by atoms with E-state index in [2.05, 4.69) is 40.3 Å². The van der Waals surface area contributed by atoms with Gasteiger partial charge in [-0.2, -0.15) is 0 Å². The van der Waals surface area contributed by atoms with Gasteiger partial charge in [0, 0.05) is 12.2 Å². The maximum Gasteiger partial charge on any atom is 0.175 e. The van der Waals surface area contributed by atoms with E-state index in [1.165, 1.54) is 11.6 Å². The lowest BCUT2D eigenvalue weighted by molar-refractivity contribution is 0.282. The fourth-order valence-corrected chi connectivity index (χ4v) is 3.45. The minimum absolute atomic E-state index is 0.0867. The standard InChI is InChI=1S/C22H20BrClFNO2/c1-14-3-5-15(6-4-14)13-28-22-18(23)9-16(10-21(22)27-2)12-26-17-7-8-20(25)19(24)11-17/h3-11,26H,12-13H2,1-2H3. The third kappa shape index (κ3) is 5.18. The van der Waals surface area contributed by atoms with E-state index < -0.39 is 5.82 Å². The van der Waals surface area contributed by atoms with Crippen LogP contribution in [0.5, 0.6) is 11.5 Å². The zero-order valence-electron chi connectivity index (χ0n) is 15.6. The summed E-state index contributed by atoms with van der Waals surface area (Å²) in [5, 5.41) is 3.31. The van der Waals surface area contributed by atoms with Crippen molar-refractivity contribution < 1.29 is 13.9 Å². The molecule has 0 radical (unpaired) electrons. The highest BCUT2D eigenvalue weighted by Crippen LogP contribution is 2.37. The van der Waals surface area contributed by atoms with Gasteiger partial charge in [-0.05, 0) is 64.3 Å².